The van der Waals surface area contributed by atoms with Crippen LogP contribution in [0.1, 0.15) is 31.1 Å². The molecule has 1 aromatic carbocycles. The number of benzene rings is 1. The molecule has 4 heteroatoms. The molecule has 112 valence electrons. The summed E-state index contributed by atoms with van der Waals surface area (Å²) in [6.45, 7) is 11.3. The molecule has 21 heavy (non-hydrogen) atoms. The van der Waals surface area contributed by atoms with Gasteiger partial charge in [-0.3, -0.25) is 4.79 Å². The van der Waals surface area contributed by atoms with E-state index in [1.165, 1.54) is 5.57 Å². The van der Waals surface area contributed by atoms with Crippen molar-refractivity contribution in [2.75, 3.05) is 18.9 Å². The lowest BCUT2D eigenvalue weighted by atomic mass is 9.85. The normalized spacial score (nSPS) is 19.0. The molecule has 0 bridgehead atoms. The highest BCUT2D eigenvalue weighted by atomic mass is 16.1. The molecule has 1 aromatic rings. The van der Waals surface area contributed by atoms with Gasteiger partial charge in [-0.1, -0.05) is 32.6 Å². The summed E-state index contributed by atoms with van der Waals surface area (Å²) in [7, 11) is 1.64. The van der Waals surface area contributed by atoms with Crippen molar-refractivity contribution in [1.29, 1.82) is 0 Å². The summed E-state index contributed by atoms with van der Waals surface area (Å²) in [6, 6.07) is 7.50. The molecule has 1 amide bonds. The van der Waals surface area contributed by atoms with Gasteiger partial charge in [0.05, 0.1) is 11.3 Å². The van der Waals surface area contributed by atoms with E-state index in [2.05, 4.69) is 36.4 Å². The summed E-state index contributed by atoms with van der Waals surface area (Å²) >= 11 is 0. The van der Waals surface area contributed by atoms with Gasteiger partial charge in [0, 0.05) is 36.0 Å². The molecule has 0 atom stereocenters. The smallest absolute Gasteiger partial charge is 0.253 e. The number of carbonyl (C=O) groups excluding carboxylic acids is 1. The Kier molecular flexibility index (Phi) is 4.07. The zero-order valence-electron chi connectivity index (χ0n) is 13.1. The minimum Gasteiger partial charge on any atom is -0.384 e. The molecule has 0 spiro atoms. The number of anilines is 1. The standard InChI is InChI=1S/C17H23N3O/c1-11-15(17(3,4)10-19-11)12(2)20-14-9-7-6-8-13(14)16(21)18-5/h6-9,19-20H,1,10H2,2-5H3,(H,18,21)/b15-12-. The minimum absolute atomic E-state index is 0.0239. The molecule has 1 aliphatic rings. The fourth-order valence-corrected chi connectivity index (χ4v) is 2.84. The number of hydrogen-bond donors (Lipinski definition) is 3. The molecule has 1 fully saturated rings. The molecular formula is C17H23N3O. The largest absolute Gasteiger partial charge is 0.384 e. The molecular weight excluding hydrogens is 262 g/mol. The van der Waals surface area contributed by atoms with E-state index in [0.29, 0.717) is 5.56 Å². The number of rotatable bonds is 3. The molecule has 3 N–H and O–H groups in total. The highest BCUT2D eigenvalue weighted by molar-refractivity contribution is 5.99. The van der Waals surface area contributed by atoms with Crippen molar-refractivity contribution in [3.05, 3.63) is 53.4 Å². The van der Waals surface area contributed by atoms with Crippen LogP contribution in [0.2, 0.25) is 0 Å². The maximum Gasteiger partial charge on any atom is 0.253 e. The molecule has 2 rings (SSSR count). The van der Waals surface area contributed by atoms with E-state index in [-0.39, 0.29) is 11.3 Å². The Hall–Kier alpha value is -2.23. The van der Waals surface area contributed by atoms with Gasteiger partial charge >= 0.3 is 0 Å². The van der Waals surface area contributed by atoms with Crippen LogP contribution in [0.4, 0.5) is 5.69 Å². The maximum absolute atomic E-state index is 11.9. The summed E-state index contributed by atoms with van der Waals surface area (Å²) in [5.41, 5.74) is 4.60. The van der Waals surface area contributed by atoms with E-state index in [1.807, 2.05) is 31.2 Å². The summed E-state index contributed by atoms with van der Waals surface area (Å²) in [5, 5.41) is 9.34. The third-order valence-electron chi connectivity index (χ3n) is 3.82. The zero-order valence-corrected chi connectivity index (χ0v) is 13.1. The van der Waals surface area contributed by atoms with Crippen LogP contribution >= 0.6 is 0 Å². The first-order valence-electron chi connectivity index (χ1n) is 7.09. The van der Waals surface area contributed by atoms with Crippen LogP contribution in [0.5, 0.6) is 0 Å². The molecule has 0 radical (unpaired) electrons. The third kappa shape index (κ3) is 2.94. The zero-order chi connectivity index (χ0) is 15.6. The fourth-order valence-electron chi connectivity index (χ4n) is 2.84. The topological polar surface area (TPSA) is 53.2 Å². The lowest BCUT2D eigenvalue weighted by molar-refractivity contribution is 0.0964. The van der Waals surface area contributed by atoms with Gasteiger partial charge in [-0.25, -0.2) is 0 Å². The minimum atomic E-state index is -0.0986. The lowest BCUT2D eigenvalue weighted by Crippen LogP contribution is -2.20. The number of nitrogens with one attached hydrogen (secondary N) is 3. The Bertz CT molecular complexity index is 614. The van der Waals surface area contributed by atoms with E-state index in [0.717, 1.165) is 23.6 Å². The van der Waals surface area contributed by atoms with Crippen LogP contribution in [0, 0.1) is 5.41 Å². The molecule has 1 heterocycles. The number of hydrogen-bond acceptors (Lipinski definition) is 3. The number of amides is 1. The van der Waals surface area contributed by atoms with Crippen molar-refractivity contribution in [3.8, 4) is 0 Å². The van der Waals surface area contributed by atoms with Gasteiger partial charge in [0.15, 0.2) is 0 Å². The second-order valence-electron chi connectivity index (χ2n) is 5.97. The van der Waals surface area contributed by atoms with Gasteiger partial charge < -0.3 is 16.0 Å². The van der Waals surface area contributed by atoms with E-state index < -0.39 is 0 Å². The Balaban J connectivity index is 2.39. The number of para-hydroxylation sites is 1. The molecule has 0 aliphatic carbocycles. The van der Waals surface area contributed by atoms with Gasteiger partial charge in [0.25, 0.3) is 5.91 Å². The second-order valence-corrected chi connectivity index (χ2v) is 5.97. The van der Waals surface area contributed by atoms with Gasteiger partial charge in [0.1, 0.15) is 0 Å². The average molecular weight is 285 g/mol. The predicted octanol–water partition coefficient (Wildman–Crippen LogP) is 2.88. The van der Waals surface area contributed by atoms with E-state index in [1.54, 1.807) is 7.05 Å². The Labute approximate surface area is 126 Å². The Morgan fingerprint density at radius 2 is 2.00 bits per heavy atom. The quantitative estimate of drug-likeness (QED) is 0.800. The molecule has 4 nitrogen and oxygen atoms in total. The van der Waals surface area contributed by atoms with Crippen molar-refractivity contribution in [3.63, 3.8) is 0 Å². The van der Waals surface area contributed by atoms with Gasteiger partial charge in [-0.15, -0.1) is 0 Å². The Morgan fingerprint density at radius 1 is 1.33 bits per heavy atom. The van der Waals surface area contributed by atoms with E-state index in [4.69, 9.17) is 0 Å². The van der Waals surface area contributed by atoms with Crippen molar-refractivity contribution < 1.29 is 4.79 Å². The van der Waals surface area contributed by atoms with Crippen LogP contribution in [0.15, 0.2) is 47.8 Å². The maximum atomic E-state index is 11.9. The van der Waals surface area contributed by atoms with Crippen molar-refractivity contribution >= 4 is 11.6 Å². The highest BCUT2D eigenvalue weighted by Crippen LogP contribution is 2.37. The molecule has 1 saturated heterocycles. The molecule has 0 saturated carbocycles. The molecule has 0 unspecified atom stereocenters. The lowest BCUT2D eigenvalue weighted by Gasteiger charge is -2.22. The van der Waals surface area contributed by atoms with E-state index >= 15 is 0 Å². The first-order chi connectivity index (χ1) is 9.86. The summed E-state index contributed by atoms with van der Waals surface area (Å²) < 4.78 is 0. The number of carbonyl (C=O) groups is 1. The summed E-state index contributed by atoms with van der Waals surface area (Å²) in [6.07, 6.45) is 0. The summed E-state index contributed by atoms with van der Waals surface area (Å²) in [4.78, 5) is 11.9. The Morgan fingerprint density at radius 3 is 2.57 bits per heavy atom. The highest BCUT2D eigenvalue weighted by Gasteiger charge is 2.33. The van der Waals surface area contributed by atoms with Crippen molar-refractivity contribution in [2.24, 2.45) is 5.41 Å². The van der Waals surface area contributed by atoms with Crippen LogP contribution in [0.25, 0.3) is 0 Å². The van der Waals surface area contributed by atoms with Crippen molar-refractivity contribution in [1.82, 2.24) is 10.6 Å². The molecule has 1 aliphatic heterocycles. The fraction of sp³-hybridized carbons (Fsp3) is 0.353. The van der Waals surface area contributed by atoms with Gasteiger partial charge in [-0.2, -0.15) is 0 Å². The predicted molar refractivity (Wildman–Crippen MR) is 87.1 cm³/mol. The van der Waals surface area contributed by atoms with Crippen molar-refractivity contribution in [2.45, 2.75) is 20.8 Å². The molecule has 0 aromatic heterocycles. The van der Waals surface area contributed by atoms with Gasteiger partial charge in [0.2, 0.25) is 0 Å². The average Bonchev–Trinajstić information content (AvgIpc) is 2.72. The SMILES string of the molecule is C=C1NCC(C)(C)/C1=C(/C)Nc1ccccc1C(=O)NC. The second kappa shape index (κ2) is 5.64. The van der Waals surface area contributed by atoms with Crippen LogP contribution in [-0.4, -0.2) is 19.5 Å². The monoisotopic (exact) mass is 285 g/mol. The third-order valence-corrected chi connectivity index (χ3v) is 3.82. The van der Waals surface area contributed by atoms with Crippen LogP contribution in [-0.2, 0) is 0 Å². The first kappa shape index (κ1) is 15.2. The van der Waals surface area contributed by atoms with Gasteiger partial charge in [-0.05, 0) is 19.1 Å². The van der Waals surface area contributed by atoms with Crippen LogP contribution in [0.3, 0.4) is 0 Å². The first-order valence-corrected chi connectivity index (χ1v) is 7.09. The number of allylic oxidation sites excluding steroid dienone is 2. The van der Waals surface area contributed by atoms with Crippen LogP contribution < -0.4 is 16.0 Å². The van der Waals surface area contributed by atoms with E-state index in [9.17, 15) is 4.79 Å². The summed E-state index contributed by atoms with van der Waals surface area (Å²) in [5.74, 6) is -0.0986.